The monoisotopic (exact) mass is 485 g/mol. The molecule has 2 aliphatic heterocycles. The van der Waals surface area contributed by atoms with Crippen LogP contribution in [0.4, 0.5) is 23.7 Å². The van der Waals surface area contributed by atoms with Gasteiger partial charge in [-0.15, -0.1) is 0 Å². The number of alkyl halides is 3. The number of hydrogen-bond acceptors (Lipinski definition) is 5. The topological polar surface area (TPSA) is 54.9 Å². The van der Waals surface area contributed by atoms with E-state index in [1.54, 1.807) is 11.8 Å². The van der Waals surface area contributed by atoms with Crippen LogP contribution in [0.15, 0.2) is 54.7 Å². The highest BCUT2D eigenvalue weighted by molar-refractivity contribution is 5.90. The van der Waals surface area contributed by atoms with Crippen LogP contribution < -0.4 is 9.64 Å². The molecule has 0 atom stereocenters. The molecule has 6 nitrogen and oxygen atoms in total. The number of likely N-dealkylation sites (tertiary alicyclic amines) is 1. The molecule has 9 heteroatoms. The number of hydrogen-bond donors (Lipinski definition) is 0. The van der Waals surface area contributed by atoms with Crippen LogP contribution >= 0.6 is 0 Å². The number of aromatic nitrogens is 1. The van der Waals surface area contributed by atoms with Gasteiger partial charge in [0.05, 0.1) is 13.2 Å². The lowest BCUT2D eigenvalue weighted by molar-refractivity contribution is -0.141. The molecule has 0 aliphatic carbocycles. The highest BCUT2D eigenvalue weighted by Crippen LogP contribution is 2.37. The van der Waals surface area contributed by atoms with Crippen molar-refractivity contribution in [2.45, 2.75) is 38.1 Å². The van der Waals surface area contributed by atoms with Crippen LogP contribution in [0.3, 0.4) is 0 Å². The third-order valence-corrected chi connectivity index (χ3v) is 6.66. The lowest BCUT2D eigenvalue weighted by Gasteiger charge is -2.37. The molecule has 0 radical (unpaired) electrons. The summed E-state index contributed by atoms with van der Waals surface area (Å²) >= 11 is 0. The second kappa shape index (κ2) is 9.03. The van der Waals surface area contributed by atoms with Gasteiger partial charge < -0.3 is 9.47 Å². The molecule has 2 aliphatic rings. The van der Waals surface area contributed by atoms with Crippen molar-refractivity contribution in [2.75, 3.05) is 31.1 Å². The molecule has 2 aromatic carbocycles. The first-order chi connectivity index (χ1) is 16.8. The van der Waals surface area contributed by atoms with Crippen LogP contribution in [0.25, 0.3) is 10.8 Å². The first-order valence-corrected chi connectivity index (χ1v) is 11.7. The first-order valence-electron chi connectivity index (χ1n) is 11.7. The Labute approximate surface area is 201 Å². The van der Waals surface area contributed by atoms with Gasteiger partial charge in [-0.05, 0) is 42.8 Å². The van der Waals surface area contributed by atoms with Crippen LogP contribution in [0.5, 0.6) is 5.75 Å². The SMILES string of the molecule is CCOc1cc(CN2CCC3(CC2)CN(c2ccccc2)C(=O)O3)cc2cnc(C(F)(F)F)cc12. The molecule has 1 spiro atoms. The van der Waals surface area contributed by atoms with E-state index in [1.165, 1.54) is 6.20 Å². The van der Waals surface area contributed by atoms with E-state index in [-0.39, 0.29) is 6.09 Å². The molecule has 35 heavy (non-hydrogen) atoms. The number of carbonyl (C=O) groups excluding carboxylic acids is 1. The lowest BCUT2D eigenvalue weighted by atomic mass is 9.91. The molecule has 0 bridgehead atoms. The van der Waals surface area contributed by atoms with E-state index in [4.69, 9.17) is 9.47 Å². The number of piperidine rings is 1. The van der Waals surface area contributed by atoms with Crippen LogP contribution in [-0.4, -0.2) is 47.8 Å². The molecule has 2 saturated heterocycles. The molecule has 1 amide bonds. The Hall–Kier alpha value is -3.33. The second-order valence-electron chi connectivity index (χ2n) is 9.06. The molecule has 3 heterocycles. The zero-order chi connectivity index (χ0) is 24.6. The summed E-state index contributed by atoms with van der Waals surface area (Å²) in [6.45, 7) is 4.77. The number of nitrogens with zero attached hydrogens (tertiary/aromatic N) is 3. The van der Waals surface area contributed by atoms with Gasteiger partial charge in [-0.2, -0.15) is 13.2 Å². The molecule has 0 unspecified atom stereocenters. The van der Waals surface area contributed by atoms with E-state index in [0.717, 1.165) is 30.4 Å². The molecule has 3 aromatic rings. The lowest BCUT2D eigenvalue weighted by Crippen LogP contribution is -2.46. The number of carbonyl (C=O) groups is 1. The minimum Gasteiger partial charge on any atom is -0.493 e. The minimum absolute atomic E-state index is 0.314. The van der Waals surface area contributed by atoms with Gasteiger partial charge >= 0.3 is 12.3 Å². The summed E-state index contributed by atoms with van der Waals surface area (Å²) in [6.07, 6.45) is -2.15. The predicted octanol–water partition coefficient (Wildman–Crippen LogP) is 5.64. The van der Waals surface area contributed by atoms with Crippen molar-refractivity contribution in [3.05, 3.63) is 66.0 Å². The number of rotatable bonds is 5. The Morgan fingerprint density at radius 3 is 2.54 bits per heavy atom. The second-order valence-corrected chi connectivity index (χ2v) is 9.06. The van der Waals surface area contributed by atoms with Gasteiger partial charge in [-0.3, -0.25) is 14.8 Å². The smallest absolute Gasteiger partial charge is 0.433 e. The van der Waals surface area contributed by atoms with Gasteiger partial charge in [0, 0.05) is 55.1 Å². The molecule has 5 rings (SSSR count). The van der Waals surface area contributed by atoms with Crippen molar-refractivity contribution in [2.24, 2.45) is 0 Å². The Bertz CT molecular complexity index is 1220. The van der Waals surface area contributed by atoms with Crippen LogP contribution in [-0.2, 0) is 17.5 Å². The number of amides is 1. The summed E-state index contributed by atoms with van der Waals surface area (Å²) in [5.41, 5.74) is 0.337. The van der Waals surface area contributed by atoms with Crippen molar-refractivity contribution in [1.82, 2.24) is 9.88 Å². The molecule has 0 saturated carbocycles. The number of para-hydroxylation sites is 1. The number of halogens is 3. The van der Waals surface area contributed by atoms with E-state index in [1.807, 2.05) is 42.5 Å². The van der Waals surface area contributed by atoms with Crippen molar-refractivity contribution in [3.8, 4) is 5.75 Å². The fourth-order valence-electron chi connectivity index (χ4n) is 4.87. The largest absolute Gasteiger partial charge is 0.493 e. The van der Waals surface area contributed by atoms with Gasteiger partial charge in [0.1, 0.15) is 17.0 Å². The molecule has 0 N–H and O–H groups in total. The third kappa shape index (κ3) is 4.77. The number of ether oxygens (including phenoxy) is 2. The van der Waals surface area contributed by atoms with Crippen molar-refractivity contribution < 1.29 is 27.4 Å². The van der Waals surface area contributed by atoms with Gasteiger partial charge in [-0.25, -0.2) is 4.79 Å². The van der Waals surface area contributed by atoms with Crippen LogP contribution in [0.1, 0.15) is 31.0 Å². The van der Waals surface area contributed by atoms with E-state index in [2.05, 4.69) is 9.88 Å². The molecular formula is C26H26F3N3O3. The highest BCUT2D eigenvalue weighted by atomic mass is 19.4. The van der Waals surface area contributed by atoms with Gasteiger partial charge in [-0.1, -0.05) is 18.2 Å². The Morgan fingerprint density at radius 1 is 1.11 bits per heavy atom. The fourth-order valence-corrected chi connectivity index (χ4v) is 4.87. The van der Waals surface area contributed by atoms with Crippen molar-refractivity contribution in [1.29, 1.82) is 0 Å². The number of benzene rings is 2. The molecule has 184 valence electrons. The molecule has 2 fully saturated rings. The average Bonchev–Trinajstić information content (AvgIpc) is 3.16. The summed E-state index contributed by atoms with van der Waals surface area (Å²) in [4.78, 5) is 20.1. The Balaban J connectivity index is 1.29. The maximum Gasteiger partial charge on any atom is 0.433 e. The molecular weight excluding hydrogens is 459 g/mol. The van der Waals surface area contributed by atoms with Gasteiger partial charge in [0.25, 0.3) is 0 Å². The number of fused-ring (bicyclic) bond motifs is 1. The van der Waals surface area contributed by atoms with Gasteiger partial charge in [0.15, 0.2) is 0 Å². The summed E-state index contributed by atoms with van der Waals surface area (Å²) < 4.78 is 51.0. The average molecular weight is 486 g/mol. The van der Waals surface area contributed by atoms with Crippen LogP contribution in [0.2, 0.25) is 0 Å². The quantitative estimate of drug-likeness (QED) is 0.468. The maximum absolute atomic E-state index is 13.1. The third-order valence-electron chi connectivity index (χ3n) is 6.66. The van der Waals surface area contributed by atoms with Crippen molar-refractivity contribution >= 4 is 22.6 Å². The number of anilines is 1. The van der Waals surface area contributed by atoms with E-state index in [9.17, 15) is 18.0 Å². The first kappa shape index (κ1) is 23.4. The summed E-state index contributed by atoms with van der Waals surface area (Å²) in [5.74, 6) is 0.421. The standard InChI is InChI=1S/C26H26F3N3O3/c1-2-34-22-13-18(12-19-15-30-23(14-21(19)22)26(27,28)29)16-31-10-8-25(9-11-31)17-32(24(33)35-25)20-6-4-3-5-7-20/h3-7,12-15H,2,8-11,16-17H2,1H3. The summed E-state index contributed by atoms with van der Waals surface area (Å²) in [7, 11) is 0. The summed E-state index contributed by atoms with van der Waals surface area (Å²) in [5, 5.41) is 1.00. The minimum atomic E-state index is -4.51. The highest BCUT2D eigenvalue weighted by Gasteiger charge is 2.47. The van der Waals surface area contributed by atoms with Crippen molar-refractivity contribution in [3.63, 3.8) is 0 Å². The van der Waals surface area contributed by atoms with E-state index >= 15 is 0 Å². The molecule has 1 aromatic heterocycles. The van der Waals surface area contributed by atoms with Crippen LogP contribution in [0, 0.1) is 0 Å². The summed E-state index contributed by atoms with van der Waals surface area (Å²) in [6, 6.07) is 14.2. The Kier molecular flexibility index (Phi) is 6.04. The zero-order valence-corrected chi connectivity index (χ0v) is 19.3. The van der Waals surface area contributed by atoms with E-state index < -0.39 is 17.5 Å². The zero-order valence-electron chi connectivity index (χ0n) is 19.3. The Morgan fingerprint density at radius 2 is 1.86 bits per heavy atom. The normalized spacial score (nSPS) is 18.3. The maximum atomic E-state index is 13.1. The predicted molar refractivity (Wildman–Crippen MR) is 125 cm³/mol. The van der Waals surface area contributed by atoms with Gasteiger partial charge in [0.2, 0.25) is 0 Å². The fraction of sp³-hybridized carbons (Fsp3) is 0.385. The van der Waals surface area contributed by atoms with E-state index in [0.29, 0.717) is 49.1 Å². The number of pyridine rings is 1.